The van der Waals surface area contributed by atoms with Crippen LogP contribution in [0.2, 0.25) is 10.0 Å². The van der Waals surface area contributed by atoms with Crippen LogP contribution in [-0.2, 0) is 25.5 Å². The van der Waals surface area contributed by atoms with Gasteiger partial charge in [-0.2, -0.15) is 0 Å². The van der Waals surface area contributed by atoms with Gasteiger partial charge in [-0.05, 0) is 67.9 Å². The topological polar surface area (TPSA) is 60.4 Å². The number of oxime groups is 1. The van der Waals surface area contributed by atoms with E-state index in [1.165, 1.54) is 7.11 Å². The minimum Gasteiger partial charge on any atom is -0.469 e. The monoisotopic (exact) mass is 560 g/mol. The van der Waals surface area contributed by atoms with Gasteiger partial charge in [0.25, 0.3) is 0 Å². The average molecular weight is 561 g/mol. The van der Waals surface area contributed by atoms with Gasteiger partial charge < -0.3 is 19.2 Å². The van der Waals surface area contributed by atoms with Crippen LogP contribution in [0, 0.1) is 23.6 Å². The number of rotatable bonds is 9. The molecule has 2 aliphatic heterocycles. The number of hydrogen-bond acceptors (Lipinski definition) is 6. The van der Waals surface area contributed by atoms with Gasteiger partial charge in [0, 0.05) is 36.2 Å². The van der Waals surface area contributed by atoms with Crippen LogP contribution < -0.4 is 4.90 Å². The standard InChI is InChI=1S/C29H31Cl2FN2O4/c1-36-26(35)10-8-16-7-9-19(12-24(16)32)34-14-18-11-20(34)13-25(18)37-15-21-28(33-38-29(21)17-5-6-17)27-22(30)3-2-4-23(27)31/h2-4,7,9,12,17-18,20-21,25,29H,5-6,8,10-11,13-15H2,1H3/t18-,20-,21?,25+,29?/m0/s1. The molecule has 3 fully saturated rings. The fourth-order valence-electron chi connectivity index (χ4n) is 6.31. The Morgan fingerprint density at radius 1 is 1.16 bits per heavy atom. The van der Waals surface area contributed by atoms with E-state index in [4.69, 9.17) is 32.8 Å². The zero-order chi connectivity index (χ0) is 26.4. The number of ether oxygens (including phenoxy) is 2. The molecule has 4 aliphatic rings. The van der Waals surface area contributed by atoms with E-state index in [-0.39, 0.29) is 36.3 Å². The summed E-state index contributed by atoms with van der Waals surface area (Å²) in [4.78, 5) is 19.6. The zero-order valence-electron chi connectivity index (χ0n) is 21.2. The van der Waals surface area contributed by atoms with E-state index in [0.29, 0.717) is 46.5 Å². The Hall–Kier alpha value is -2.35. The molecule has 0 spiro atoms. The molecule has 0 amide bonds. The second-order valence-corrected chi connectivity index (χ2v) is 11.7. The van der Waals surface area contributed by atoms with E-state index in [1.807, 2.05) is 24.3 Å². The molecule has 2 saturated carbocycles. The molecule has 0 N–H and O–H groups in total. The number of carbonyl (C=O) groups is 1. The lowest BCUT2D eigenvalue weighted by molar-refractivity contribution is -0.140. The maximum absolute atomic E-state index is 14.8. The molecule has 2 aliphatic carbocycles. The Morgan fingerprint density at radius 3 is 2.61 bits per heavy atom. The maximum Gasteiger partial charge on any atom is 0.305 e. The van der Waals surface area contributed by atoms with E-state index in [2.05, 4.69) is 14.8 Å². The lowest BCUT2D eigenvalue weighted by atomic mass is 9.90. The van der Waals surface area contributed by atoms with Crippen molar-refractivity contribution in [2.24, 2.45) is 22.9 Å². The zero-order valence-corrected chi connectivity index (χ0v) is 22.8. The number of carbonyl (C=O) groups excluding carboxylic acids is 1. The van der Waals surface area contributed by atoms with Crippen LogP contribution in [0.1, 0.15) is 43.2 Å². The Labute approximate surface area is 232 Å². The van der Waals surface area contributed by atoms with E-state index < -0.39 is 0 Å². The molecule has 0 radical (unpaired) electrons. The molecule has 6 nitrogen and oxygen atoms in total. The molecule has 5 atom stereocenters. The molecular weight excluding hydrogens is 530 g/mol. The summed E-state index contributed by atoms with van der Waals surface area (Å²) in [5.41, 5.74) is 2.94. The highest BCUT2D eigenvalue weighted by Crippen LogP contribution is 2.45. The van der Waals surface area contributed by atoms with Crippen molar-refractivity contribution in [3.63, 3.8) is 0 Å². The molecule has 38 heavy (non-hydrogen) atoms. The predicted molar refractivity (Wildman–Crippen MR) is 144 cm³/mol. The van der Waals surface area contributed by atoms with Gasteiger partial charge in [-0.25, -0.2) is 4.39 Å². The predicted octanol–water partition coefficient (Wildman–Crippen LogP) is 6.05. The summed E-state index contributed by atoms with van der Waals surface area (Å²) < 4.78 is 26.0. The highest BCUT2D eigenvalue weighted by atomic mass is 35.5. The van der Waals surface area contributed by atoms with Gasteiger partial charge in [0.2, 0.25) is 0 Å². The van der Waals surface area contributed by atoms with Crippen LogP contribution in [0.25, 0.3) is 0 Å². The summed E-state index contributed by atoms with van der Waals surface area (Å²) in [6.45, 7) is 1.35. The lowest BCUT2D eigenvalue weighted by Crippen LogP contribution is -2.40. The summed E-state index contributed by atoms with van der Waals surface area (Å²) >= 11 is 13.0. The number of hydrogen-bond donors (Lipinski definition) is 0. The third kappa shape index (κ3) is 5.01. The third-order valence-electron chi connectivity index (χ3n) is 8.49. The molecule has 2 unspecified atom stereocenters. The van der Waals surface area contributed by atoms with Crippen LogP contribution in [0.5, 0.6) is 0 Å². The van der Waals surface area contributed by atoms with Crippen molar-refractivity contribution in [3.05, 3.63) is 63.4 Å². The van der Waals surface area contributed by atoms with Crippen LogP contribution >= 0.6 is 23.2 Å². The first kappa shape index (κ1) is 25.9. The summed E-state index contributed by atoms with van der Waals surface area (Å²) in [6, 6.07) is 11.1. The van der Waals surface area contributed by atoms with Gasteiger partial charge >= 0.3 is 5.97 Å². The maximum atomic E-state index is 14.8. The SMILES string of the molecule is COC(=O)CCc1ccc(N2C[C@@H]3C[C@H]2C[C@H]3OCC2C(c3c(Cl)cccc3Cl)=NOC2C2CC2)cc1F. The number of benzene rings is 2. The fraction of sp³-hybridized carbons (Fsp3) is 0.517. The third-order valence-corrected chi connectivity index (χ3v) is 9.12. The van der Waals surface area contributed by atoms with E-state index >= 15 is 0 Å². The van der Waals surface area contributed by atoms with Crippen molar-refractivity contribution < 1.29 is 23.5 Å². The van der Waals surface area contributed by atoms with Gasteiger partial charge in [-0.3, -0.25) is 4.79 Å². The van der Waals surface area contributed by atoms with Gasteiger partial charge in [0.05, 0.1) is 41.5 Å². The first-order chi connectivity index (χ1) is 18.4. The Kier molecular flexibility index (Phi) is 7.27. The van der Waals surface area contributed by atoms with Crippen LogP contribution in [0.3, 0.4) is 0 Å². The van der Waals surface area contributed by atoms with Gasteiger partial charge in [-0.1, -0.05) is 40.5 Å². The number of nitrogens with zero attached hydrogens (tertiary/aromatic N) is 2. The quantitative estimate of drug-likeness (QED) is 0.349. The van der Waals surface area contributed by atoms with Crippen molar-refractivity contribution >= 4 is 40.6 Å². The highest BCUT2D eigenvalue weighted by Gasteiger charge is 2.49. The molecular formula is C29H31Cl2FN2O4. The van der Waals surface area contributed by atoms with Gasteiger partial charge in [0.15, 0.2) is 0 Å². The molecule has 6 rings (SSSR count). The molecule has 2 aromatic rings. The summed E-state index contributed by atoms with van der Waals surface area (Å²) in [5.74, 6) is 0.249. The van der Waals surface area contributed by atoms with Gasteiger partial charge in [-0.15, -0.1) is 0 Å². The second kappa shape index (κ2) is 10.7. The average Bonchev–Trinajstić information content (AvgIpc) is 3.36. The molecule has 202 valence electrons. The molecule has 2 heterocycles. The van der Waals surface area contributed by atoms with E-state index in [9.17, 15) is 9.18 Å². The summed E-state index contributed by atoms with van der Waals surface area (Å²) in [7, 11) is 1.34. The molecule has 9 heteroatoms. The van der Waals surface area contributed by atoms with Crippen LogP contribution in [0.15, 0.2) is 41.6 Å². The normalized spacial score (nSPS) is 27.9. The first-order valence-corrected chi connectivity index (χ1v) is 14.1. The first-order valence-electron chi connectivity index (χ1n) is 13.3. The van der Waals surface area contributed by atoms with Crippen molar-refractivity contribution in [1.29, 1.82) is 0 Å². The highest BCUT2D eigenvalue weighted by molar-refractivity contribution is 6.40. The number of piperidine rings is 1. The molecule has 2 aromatic carbocycles. The number of esters is 1. The number of fused-ring (bicyclic) bond motifs is 2. The summed E-state index contributed by atoms with van der Waals surface area (Å²) in [6.07, 6.45) is 4.85. The number of methoxy groups -OCH3 is 1. The molecule has 2 bridgehead atoms. The number of aryl methyl sites for hydroxylation is 1. The van der Waals surface area contributed by atoms with E-state index in [1.54, 1.807) is 12.1 Å². The minimum atomic E-state index is -0.336. The Morgan fingerprint density at radius 2 is 1.95 bits per heavy atom. The van der Waals surface area contributed by atoms with Crippen LogP contribution in [-0.4, -0.2) is 50.2 Å². The lowest BCUT2D eigenvalue weighted by Gasteiger charge is -2.34. The summed E-state index contributed by atoms with van der Waals surface area (Å²) in [5, 5.41) is 5.58. The van der Waals surface area contributed by atoms with Crippen molar-refractivity contribution in [3.8, 4) is 0 Å². The number of halogens is 3. The van der Waals surface area contributed by atoms with E-state index in [0.717, 1.165) is 49.2 Å². The Bertz CT molecular complexity index is 1230. The smallest absolute Gasteiger partial charge is 0.305 e. The molecule has 0 aromatic heterocycles. The van der Waals surface area contributed by atoms with Crippen molar-refractivity contribution in [1.82, 2.24) is 0 Å². The minimum absolute atomic E-state index is 0.00639. The van der Waals surface area contributed by atoms with Crippen LogP contribution in [0.4, 0.5) is 10.1 Å². The van der Waals surface area contributed by atoms with Crippen molar-refractivity contribution in [2.75, 3.05) is 25.2 Å². The fourth-order valence-corrected chi connectivity index (χ4v) is 6.90. The largest absolute Gasteiger partial charge is 0.469 e. The van der Waals surface area contributed by atoms with Gasteiger partial charge in [0.1, 0.15) is 11.9 Å². The number of anilines is 1. The second-order valence-electron chi connectivity index (χ2n) is 10.8. The van der Waals surface area contributed by atoms with Crippen molar-refractivity contribution in [2.45, 2.75) is 56.8 Å². The molecule has 1 saturated heterocycles. The Balaban J connectivity index is 1.09.